The molecule has 0 aliphatic carbocycles. The Hall–Kier alpha value is -1.33. The zero-order valence-electron chi connectivity index (χ0n) is 12.3. The number of thiophene rings is 1. The van der Waals surface area contributed by atoms with Crippen molar-refractivity contribution in [3.63, 3.8) is 0 Å². The highest BCUT2D eigenvalue weighted by Crippen LogP contribution is 2.28. The number of rotatable bonds is 5. The maximum absolute atomic E-state index is 11.6. The van der Waals surface area contributed by atoms with Crippen LogP contribution in [-0.4, -0.2) is 5.91 Å². The molecule has 2 N–H and O–H groups in total. The second kappa shape index (κ2) is 7.09. The Morgan fingerprint density at radius 1 is 1.14 bits per heavy atom. The zero-order valence-corrected chi connectivity index (χ0v) is 14.7. The van der Waals surface area contributed by atoms with E-state index in [0.717, 1.165) is 15.8 Å². The van der Waals surface area contributed by atoms with Crippen molar-refractivity contribution >= 4 is 44.5 Å². The average Bonchev–Trinajstić information content (AvgIpc) is 2.87. The zero-order chi connectivity index (χ0) is 15.4. The molecule has 112 valence electrons. The number of benzene rings is 1. The second-order valence-corrected chi connectivity index (χ2v) is 7.11. The van der Waals surface area contributed by atoms with Gasteiger partial charge in [-0.3, -0.25) is 4.79 Å². The first-order valence-electron chi connectivity index (χ1n) is 6.87. The van der Waals surface area contributed by atoms with Crippen LogP contribution in [0.5, 0.6) is 0 Å². The van der Waals surface area contributed by atoms with E-state index in [-0.39, 0.29) is 17.9 Å². The van der Waals surface area contributed by atoms with Gasteiger partial charge in [0.05, 0.1) is 6.04 Å². The Kier molecular flexibility index (Phi) is 5.42. The van der Waals surface area contributed by atoms with Crippen LogP contribution < -0.4 is 10.6 Å². The topological polar surface area (TPSA) is 41.1 Å². The summed E-state index contributed by atoms with van der Waals surface area (Å²) in [6, 6.07) is 10.2. The van der Waals surface area contributed by atoms with E-state index in [2.05, 4.69) is 44.9 Å². The highest BCUT2D eigenvalue weighted by molar-refractivity contribution is 9.10. The van der Waals surface area contributed by atoms with Gasteiger partial charge in [0.25, 0.3) is 0 Å². The Morgan fingerprint density at radius 3 is 2.29 bits per heavy atom. The molecule has 0 fully saturated rings. The Balaban J connectivity index is 1.97. The summed E-state index contributed by atoms with van der Waals surface area (Å²) in [6.07, 6.45) is 0. The van der Waals surface area contributed by atoms with Crippen LogP contribution in [0.2, 0.25) is 0 Å². The fourth-order valence-electron chi connectivity index (χ4n) is 1.81. The minimum atomic E-state index is -0.0138. The lowest BCUT2D eigenvalue weighted by Crippen LogP contribution is -2.17. The van der Waals surface area contributed by atoms with Crippen molar-refractivity contribution < 1.29 is 4.79 Å². The number of amides is 1. The maximum atomic E-state index is 11.6. The lowest BCUT2D eigenvalue weighted by atomic mass is 10.2. The van der Waals surface area contributed by atoms with Crippen molar-refractivity contribution in [1.29, 1.82) is 0 Å². The Labute approximate surface area is 137 Å². The predicted molar refractivity (Wildman–Crippen MR) is 94.0 cm³/mol. The molecule has 0 aliphatic heterocycles. The van der Waals surface area contributed by atoms with E-state index in [4.69, 9.17) is 0 Å². The molecule has 3 nitrogen and oxygen atoms in total. The molecule has 1 heterocycles. The highest BCUT2D eigenvalue weighted by Gasteiger charge is 2.09. The molecular formula is C16H19BrN2OS. The molecule has 1 atom stereocenters. The number of carbonyl (C=O) groups excluding carboxylic acids is 1. The van der Waals surface area contributed by atoms with Gasteiger partial charge in [-0.2, -0.15) is 0 Å². The third-order valence-corrected chi connectivity index (χ3v) is 4.95. The minimum absolute atomic E-state index is 0.0138. The average molecular weight is 367 g/mol. The third kappa shape index (κ3) is 4.58. The van der Waals surface area contributed by atoms with E-state index in [1.165, 1.54) is 4.88 Å². The van der Waals surface area contributed by atoms with Gasteiger partial charge in [0.1, 0.15) is 0 Å². The number of carbonyl (C=O) groups is 1. The molecule has 21 heavy (non-hydrogen) atoms. The van der Waals surface area contributed by atoms with Gasteiger partial charge >= 0.3 is 0 Å². The highest BCUT2D eigenvalue weighted by atomic mass is 79.9. The van der Waals surface area contributed by atoms with Gasteiger partial charge in [-0.1, -0.05) is 13.8 Å². The first kappa shape index (κ1) is 16.0. The van der Waals surface area contributed by atoms with Gasteiger partial charge < -0.3 is 10.6 Å². The molecule has 0 bridgehead atoms. The van der Waals surface area contributed by atoms with Crippen LogP contribution in [0.3, 0.4) is 0 Å². The fourth-order valence-corrected chi connectivity index (χ4v) is 3.27. The molecule has 0 saturated heterocycles. The lowest BCUT2D eigenvalue weighted by molar-refractivity contribution is -0.118. The number of hydrogen-bond acceptors (Lipinski definition) is 3. The molecule has 0 radical (unpaired) electrons. The molecule has 1 unspecified atom stereocenters. The molecular weight excluding hydrogens is 348 g/mol. The molecule has 0 spiro atoms. The molecule has 1 amide bonds. The standard InChI is InChI=1S/C16H19BrN2OS/c1-10(2)16(20)19-14-6-4-13(5-7-14)18-11(3)15-8-12(17)9-21-15/h4-11,18H,1-3H3,(H,19,20). The lowest BCUT2D eigenvalue weighted by Gasteiger charge is -2.14. The molecule has 1 aromatic heterocycles. The molecule has 2 aromatic rings. The molecule has 0 aliphatic rings. The van der Waals surface area contributed by atoms with Gasteiger partial charge in [0.15, 0.2) is 0 Å². The van der Waals surface area contributed by atoms with Crippen LogP contribution in [0.1, 0.15) is 31.7 Å². The smallest absolute Gasteiger partial charge is 0.226 e. The van der Waals surface area contributed by atoms with E-state index in [9.17, 15) is 4.79 Å². The van der Waals surface area contributed by atoms with Crippen LogP contribution in [0.25, 0.3) is 0 Å². The summed E-state index contributed by atoms with van der Waals surface area (Å²) < 4.78 is 1.11. The summed E-state index contributed by atoms with van der Waals surface area (Å²) in [5, 5.41) is 8.42. The predicted octanol–water partition coefficient (Wildman–Crippen LogP) is 5.28. The summed E-state index contributed by atoms with van der Waals surface area (Å²) in [7, 11) is 0. The van der Waals surface area contributed by atoms with E-state index in [1.54, 1.807) is 11.3 Å². The molecule has 2 rings (SSSR count). The molecule has 5 heteroatoms. The third-order valence-electron chi connectivity index (χ3n) is 3.07. The van der Waals surface area contributed by atoms with Crippen LogP contribution in [0, 0.1) is 5.92 Å². The summed E-state index contributed by atoms with van der Waals surface area (Å²) >= 11 is 5.20. The summed E-state index contributed by atoms with van der Waals surface area (Å²) in [5.74, 6) is 0.0209. The van der Waals surface area contributed by atoms with E-state index < -0.39 is 0 Å². The second-order valence-electron chi connectivity index (χ2n) is 5.25. The quantitative estimate of drug-likeness (QED) is 0.755. The Morgan fingerprint density at radius 2 is 1.76 bits per heavy atom. The van der Waals surface area contributed by atoms with Crippen LogP contribution in [0.15, 0.2) is 40.2 Å². The summed E-state index contributed by atoms with van der Waals surface area (Å²) in [4.78, 5) is 12.9. The number of halogens is 1. The normalized spacial score (nSPS) is 12.2. The first-order valence-corrected chi connectivity index (χ1v) is 8.54. The maximum Gasteiger partial charge on any atom is 0.226 e. The summed E-state index contributed by atoms with van der Waals surface area (Å²) in [6.45, 7) is 5.89. The molecule has 1 aromatic carbocycles. The first-order chi connectivity index (χ1) is 9.95. The van der Waals surface area contributed by atoms with Gasteiger partial charge in [0, 0.05) is 32.0 Å². The largest absolute Gasteiger partial charge is 0.378 e. The van der Waals surface area contributed by atoms with Gasteiger partial charge in [-0.05, 0) is 53.2 Å². The fraction of sp³-hybridized carbons (Fsp3) is 0.312. The molecule has 0 saturated carbocycles. The summed E-state index contributed by atoms with van der Waals surface area (Å²) in [5.41, 5.74) is 1.86. The van der Waals surface area contributed by atoms with E-state index in [0.29, 0.717) is 0 Å². The van der Waals surface area contributed by atoms with Gasteiger partial charge in [0.2, 0.25) is 5.91 Å². The van der Waals surface area contributed by atoms with Gasteiger partial charge in [-0.25, -0.2) is 0 Å². The van der Waals surface area contributed by atoms with Crippen molar-refractivity contribution in [2.24, 2.45) is 5.92 Å². The van der Waals surface area contributed by atoms with Crippen molar-refractivity contribution in [3.05, 3.63) is 45.1 Å². The van der Waals surface area contributed by atoms with E-state index >= 15 is 0 Å². The van der Waals surface area contributed by atoms with Crippen LogP contribution in [0.4, 0.5) is 11.4 Å². The van der Waals surface area contributed by atoms with E-state index in [1.807, 2.05) is 38.1 Å². The number of anilines is 2. The SMILES string of the molecule is CC(C)C(=O)Nc1ccc(NC(C)c2cc(Br)cs2)cc1. The monoisotopic (exact) mass is 366 g/mol. The Bertz CT molecular complexity index is 607. The van der Waals surface area contributed by atoms with Crippen LogP contribution >= 0.6 is 27.3 Å². The number of nitrogens with one attached hydrogen (secondary N) is 2. The van der Waals surface area contributed by atoms with Crippen LogP contribution in [-0.2, 0) is 4.79 Å². The van der Waals surface area contributed by atoms with Crippen molar-refractivity contribution in [1.82, 2.24) is 0 Å². The van der Waals surface area contributed by atoms with Gasteiger partial charge in [-0.15, -0.1) is 11.3 Å². The van der Waals surface area contributed by atoms with Crippen molar-refractivity contribution in [2.45, 2.75) is 26.8 Å². The van der Waals surface area contributed by atoms with Crippen molar-refractivity contribution in [3.8, 4) is 0 Å². The van der Waals surface area contributed by atoms with Crippen molar-refractivity contribution in [2.75, 3.05) is 10.6 Å². The minimum Gasteiger partial charge on any atom is -0.378 e. The number of hydrogen-bond donors (Lipinski definition) is 2.